The molecule has 22 heavy (non-hydrogen) atoms. The summed E-state index contributed by atoms with van der Waals surface area (Å²) in [5, 5.41) is 19.1. The number of likely N-dealkylation sites (tertiary alicyclic amines) is 1. The number of nitrogens with zero attached hydrogens (tertiary/aromatic N) is 3. The van der Waals surface area contributed by atoms with Crippen LogP contribution in [-0.2, 0) is 0 Å². The van der Waals surface area contributed by atoms with Crippen LogP contribution in [0.3, 0.4) is 0 Å². The molecule has 0 aromatic carbocycles. The molecule has 3 rings (SSSR count). The second-order valence-corrected chi connectivity index (χ2v) is 6.15. The number of aromatic nitrogens is 2. The molecule has 0 unspecified atom stereocenters. The van der Waals surface area contributed by atoms with Crippen molar-refractivity contribution in [3.8, 4) is 0 Å². The van der Waals surface area contributed by atoms with Crippen LogP contribution in [0.2, 0.25) is 5.15 Å². The fourth-order valence-corrected chi connectivity index (χ4v) is 3.57. The number of hydrogen-bond acceptors (Lipinski definition) is 4. The summed E-state index contributed by atoms with van der Waals surface area (Å²) in [6.07, 6.45) is -1.99. The Bertz CT molecular complexity index is 575. The minimum Gasteiger partial charge on any atom is -0.465 e. The van der Waals surface area contributed by atoms with Crippen molar-refractivity contribution < 1.29 is 18.7 Å². The van der Waals surface area contributed by atoms with E-state index in [1.807, 2.05) is 0 Å². The van der Waals surface area contributed by atoms with Crippen LogP contribution in [0.1, 0.15) is 24.8 Å². The van der Waals surface area contributed by atoms with Crippen LogP contribution < -0.4 is 5.32 Å². The number of carbonyl (C=O) groups is 1. The maximum atomic E-state index is 12.8. The molecular formula is C13H15ClF2N4O2. The van der Waals surface area contributed by atoms with Gasteiger partial charge in [-0.05, 0) is 30.7 Å². The van der Waals surface area contributed by atoms with Gasteiger partial charge in [-0.25, -0.2) is 13.6 Å². The Morgan fingerprint density at radius 1 is 1.36 bits per heavy atom. The highest BCUT2D eigenvalue weighted by atomic mass is 35.5. The average molecular weight is 333 g/mol. The van der Waals surface area contributed by atoms with Gasteiger partial charge in [0.05, 0.1) is 5.56 Å². The van der Waals surface area contributed by atoms with Crippen LogP contribution >= 0.6 is 11.6 Å². The highest BCUT2D eigenvalue weighted by Crippen LogP contribution is 2.39. The summed E-state index contributed by atoms with van der Waals surface area (Å²) >= 11 is 5.59. The maximum absolute atomic E-state index is 12.8. The summed E-state index contributed by atoms with van der Waals surface area (Å²) in [5.41, 5.74) is -0.339. The van der Waals surface area contributed by atoms with Gasteiger partial charge in [0.15, 0.2) is 5.15 Å². The number of rotatable bonds is 3. The molecule has 2 heterocycles. The Morgan fingerprint density at radius 3 is 2.55 bits per heavy atom. The van der Waals surface area contributed by atoms with Crippen molar-refractivity contribution in [1.82, 2.24) is 15.1 Å². The van der Waals surface area contributed by atoms with E-state index in [2.05, 4.69) is 15.5 Å². The maximum Gasteiger partial charge on any atom is 0.407 e. The van der Waals surface area contributed by atoms with Gasteiger partial charge in [-0.3, -0.25) is 0 Å². The molecule has 1 aromatic heterocycles. The molecule has 2 fully saturated rings. The highest BCUT2D eigenvalue weighted by Gasteiger charge is 2.42. The largest absolute Gasteiger partial charge is 0.465 e. The van der Waals surface area contributed by atoms with Crippen molar-refractivity contribution in [3.63, 3.8) is 0 Å². The summed E-state index contributed by atoms with van der Waals surface area (Å²) < 4.78 is 25.6. The summed E-state index contributed by atoms with van der Waals surface area (Å²) in [5.74, 6) is 0.895. The van der Waals surface area contributed by atoms with E-state index in [0.29, 0.717) is 24.9 Å². The molecule has 120 valence electrons. The summed E-state index contributed by atoms with van der Waals surface area (Å²) in [6.45, 7) is 1.07. The fourth-order valence-electron chi connectivity index (χ4n) is 3.40. The lowest BCUT2D eigenvalue weighted by molar-refractivity contribution is 0.150. The molecule has 1 saturated heterocycles. The molecule has 1 aliphatic heterocycles. The first-order chi connectivity index (χ1) is 10.4. The zero-order valence-corrected chi connectivity index (χ0v) is 12.3. The van der Waals surface area contributed by atoms with Crippen molar-refractivity contribution in [2.24, 2.45) is 11.8 Å². The van der Waals surface area contributed by atoms with Gasteiger partial charge < -0.3 is 15.3 Å². The van der Waals surface area contributed by atoms with Gasteiger partial charge in [-0.1, -0.05) is 11.6 Å². The third-order valence-electron chi connectivity index (χ3n) is 4.38. The minimum absolute atomic E-state index is 0.0898. The summed E-state index contributed by atoms with van der Waals surface area (Å²) in [7, 11) is 0. The van der Waals surface area contributed by atoms with E-state index in [1.165, 1.54) is 11.0 Å². The average Bonchev–Trinajstić information content (AvgIpc) is 2.98. The quantitative estimate of drug-likeness (QED) is 0.890. The number of hydrogen-bond donors (Lipinski definition) is 2. The first-order valence-corrected chi connectivity index (χ1v) is 7.37. The number of alkyl halides is 2. The van der Waals surface area contributed by atoms with E-state index in [1.54, 1.807) is 0 Å². The molecule has 2 N–H and O–H groups in total. The molecule has 1 amide bonds. The molecular weight excluding hydrogens is 318 g/mol. The molecule has 9 heteroatoms. The van der Waals surface area contributed by atoms with Crippen LogP contribution in [0, 0.1) is 11.8 Å². The zero-order valence-electron chi connectivity index (χ0n) is 11.5. The standard InChI is InChI=1S/C13H15ClF2N4O2/c14-11-9(12(15)16)3-10(18-19-11)17-8-1-6-4-20(13(21)22)5-7(6)2-8/h3,6-8,12H,1-2,4-5H2,(H,17,18)(H,21,22)/t6-,7+,8+. The zero-order chi connectivity index (χ0) is 15.9. The normalized spacial score (nSPS) is 27.3. The lowest BCUT2D eigenvalue weighted by Crippen LogP contribution is -2.29. The highest BCUT2D eigenvalue weighted by molar-refractivity contribution is 6.30. The van der Waals surface area contributed by atoms with E-state index >= 15 is 0 Å². The van der Waals surface area contributed by atoms with Crippen LogP contribution in [0.5, 0.6) is 0 Å². The Labute approximate surface area is 130 Å². The molecule has 0 bridgehead atoms. The van der Waals surface area contributed by atoms with Gasteiger partial charge in [0, 0.05) is 19.1 Å². The summed E-state index contributed by atoms with van der Waals surface area (Å²) in [6, 6.07) is 1.31. The summed E-state index contributed by atoms with van der Waals surface area (Å²) in [4.78, 5) is 12.4. The number of amides is 1. The number of fused-ring (bicyclic) bond motifs is 1. The monoisotopic (exact) mass is 332 g/mol. The third kappa shape index (κ3) is 2.92. The first-order valence-electron chi connectivity index (χ1n) is 6.99. The topological polar surface area (TPSA) is 78.4 Å². The molecule has 1 saturated carbocycles. The van der Waals surface area contributed by atoms with Gasteiger partial charge in [0.25, 0.3) is 6.43 Å². The predicted molar refractivity (Wildman–Crippen MR) is 75.2 cm³/mol. The molecule has 1 aliphatic carbocycles. The van der Waals surface area contributed by atoms with E-state index in [9.17, 15) is 13.6 Å². The molecule has 0 spiro atoms. The Balaban J connectivity index is 1.62. The van der Waals surface area contributed by atoms with E-state index in [4.69, 9.17) is 16.7 Å². The van der Waals surface area contributed by atoms with Crippen molar-refractivity contribution in [3.05, 3.63) is 16.8 Å². The Morgan fingerprint density at radius 2 is 2.00 bits per heavy atom. The molecule has 3 atom stereocenters. The second kappa shape index (κ2) is 5.83. The Kier molecular flexibility index (Phi) is 4.03. The van der Waals surface area contributed by atoms with Gasteiger partial charge >= 0.3 is 6.09 Å². The van der Waals surface area contributed by atoms with Crippen LogP contribution in [0.15, 0.2) is 6.07 Å². The van der Waals surface area contributed by atoms with Crippen molar-refractivity contribution in [2.45, 2.75) is 25.3 Å². The third-order valence-corrected chi connectivity index (χ3v) is 4.68. The van der Waals surface area contributed by atoms with Gasteiger partial charge in [0.1, 0.15) is 5.82 Å². The lowest BCUT2D eigenvalue weighted by Gasteiger charge is -2.18. The van der Waals surface area contributed by atoms with Gasteiger partial charge in [-0.15, -0.1) is 10.2 Å². The Hall–Kier alpha value is -1.70. The van der Waals surface area contributed by atoms with Crippen LogP contribution in [0.25, 0.3) is 0 Å². The molecule has 6 nitrogen and oxygen atoms in total. The van der Waals surface area contributed by atoms with Gasteiger partial charge in [0.2, 0.25) is 0 Å². The fraction of sp³-hybridized carbons (Fsp3) is 0.615. The number of halogens is 3. The molecule has 0 radical (unpaired) electrons. The van der Waals surface area contributed by atoms with Crippen molar-refractivity contribution in [1.29, 1.82) is 0 Å². The van der Waals surface area contributed by atoms with Crippen LogP contribution in [0.4, 0.5) is 19.4 Å². The SMILES string of the molecule is O=C(O)N1C[C@H]2C[C@H](Nc3cc(C(F)F)c(Cl)nn3)C[C@H]2C1. The van der Waals surface area contributed by atoms with E-state index in [0.717, 1.165) is 12.8 Å². The second-order valence-electron chi connectivity index (χ2n) is 5.80. The first kappa shape index (κ1) is 15.2. The number of anilines is 1. The molecule has 2 aliphatic rings. The number of nitrogens with one attached hydrogen (secondary N) is 1. The van der Waals surface area contributed by atoms with E-state index in [-0.39, 0.29) is 22.6 Å². The van der Waals surface area contributed by atoms with E-state index < -0.39 is 12.5 Å². The van der Waals surface area contributed by atoms with Crippen molar-refractivity contribution >= 4 is 23.5 Å². The smallest absolute Gasteiger partial charge is 0.407 e. The predicted octanol–water partition coefficient (Wildman–Crippen LogP) is 2.87. The van der Waals surface area contributed by atoms with Gasteiger partial charge in [-0.2, -0.15) is 0 Å². The van der Waals surface area contributed by atoms with Crippen LogP contribution in [-0.4, -0.2) is 45.4 Å². The van der Waals surface area contributed by atoms with Crippen molar-refractivity contribution in [2.75, 3.05) is 18.4 Å². The molecule has 1 aromatic rings. The minimum atomic E-state index is -2.70. The number of carboxylic acid groups (broad SMARTS) is 1. The lowest BCUT2D eigenvalue weighted by atomic mass is 10.0.